The Morgan fingerprint density at radius 3 is 2.62 bits per heavy atom. The number of hydrogen-bond donors (Lipinski definition) is 1. The minimum atomic E-state index is -0.905. The molecule has 0 spiro atoms. The van der Waals surface area contributed by atoms with Gasteiger partial charge in [-0.15, -0.1) is 0 Å². The standard InChI is InChI=1S/C20H22N2O4/c1-2-25-19(21-20(24)26-14-15-8-4-3-5-9-15)22-17-11-7-6-10-16(17)12-13-18(22)23/h3-11,19H,2,12-14H2,1H3,(H,21,24). The Kier molecular flexibility index (Phi) is 5.86. The van der Waals surface area contributed by atoms with Crippen LogP contribution in [0, 0.1) is 0 Å². The summed E-state index contributed by atoms with van der Waals surface area (Å²) in [6.07, 6.45) is -0.482. The first-order chi connectivity index (χ1) is 12.7. The molecule has 1 atom stereocenters. The average Bonchev–Trinajstić information content (AvgIpc) is 2.67. The number of nitrogens with zero attached hydrogens (tertiary/aromatic N) is 1. The number of ether oxygens (including phenoxy) is 2. The van der Waals surface area contributed by atoms with Crippen molar-refractivity contribution in [2.24, 2.45) is 0 Å². The number of para-hydroxylation sites is 1. The van der Waals surface area contributed by atoms with Gasteiger partial charge in [-0.25, -0.2) is 4.79 Å². The highest BCUT2D eigenvalue weighted by Gasteiger charge is 2.32. The maximum Gasteiger partial charge on any atom is 0.410 e. The van der Waals surface area contributed by atoms with Crippen molar-refractivity contribution in [3.8, 4) is 0 Å². The van der Waals surface area contributed by atoms with Gasteiger partial charge in [-0.05, 0) is 30.5 Å². The summed E-state index contributed by atoms with van der Waals surface area (Å²) in [4.78, 5) is 26.2. The highest BCUT2D eigenvalue weighted by Crippen LogP contribution is 2.29. The summed E-state index contributed by atoms with van der Waals surface area (Å²) in [6, 6.07) is 17.0. The van der Waals surface area contributed by atoms with Crippen LogP contribution in [0.15, 0.2) is 54.6 Å². The number of carbonyl (C=O) groups is 2. The molecule has 1 N–H and O–H groups in total. The molecule has 0 bridgehead atoms. The van der Waals surface area contributed by atoms with Crippen molar-refractivity contribution in [1.29, 1.82) is 0 Å². The fraction of sp³-hybridized carbons (Fsp3) is 0.300. The second-order valence-corrected chi connectivity index (χ2v) is 5.91. The van der Waals surface area contributed by atoms with Gasteiger partial charge in [-0.2, -0.15) is 0 Å². The van der Waals surface area contributed by atoms with Gasteiger partial charge in [-0.3, -0.25) is 15.0 Å². The van der Waals surface area contributed by atoms with E-state index >= 15 is 0 Å². The number of fused-ring (bicyclic) bond motifs is 1. The van der Waals surface area contributed by atoms with Crippen LogP contribution in [0.3, 0.4) is 0 Å². The van der Waals surface area contributed by atoms with Gasteiger partial charge in [0, 0.05) is 13.0 Å². The van der Waals surface area contributed by atoms with Gasteiger partial charge >= 0.3 is 6.09 Å². The van der Waals surface area contributed by atoms with Crippen molar-refractivity contribution in [2.75, 3.05) is 11.5 Å². The van der Waals surface area contributed by atoms with Crippen LogP contribution in [-0.4, -0.2) is 25.0 Å². The van der Waals surface area contributed by atoms with Crippen LogP contribution in [0.25, 0.3) is 0 Å². The number of rotatable bonds is 6. The van der Waals surface area contributed by atoms with Crippen LogP contribution in [0.1, 0.15) is 24.5 Å². The second kappa shape index (κ2) is 8.49. The number of hydrogen-bond acceptors (Lipinski definition) is 4. The summed E-state index contributed by atoms with van der Waals surface area (Å²) in [5.74, 6) is -0.0921. The van der Waals surface area contributed by atoms with Gasteiger partial charge < -0.3 is 9.47 Å². The first-order valence-corrected chi connectivity index (χ1v) is 8.68. The number of anilines is 1. The third kappa shape index (κ3) is 4.21. The second-order valence-electron chi connectivity index (χ2n) is 5.91. The topological polar surface area (TPSA) is 67.9 Å². The van der Waals surface area contributed by atoms with Crippen molar-refractivity contribution in [1.82, 2.24) is 5.32 Å². The van der Waals surface area contributed by atoms with Crippen molar-refractivity contribution in [3.05, 3.63) is 65.7 Å². The molecule has 6 heteroatoms. The minimum absolute atomic E-state index is 0.0921. The number of alkyl carbamates (subject to hydrolysis) is 1. The maximum absolute atomic E-state index is 12.5. The lowest BCUT2D eigenvalue weighted by Gasteiger charge is -2.35. The van der Waals surface area contributed by atoms with Crippen molar-refractivity contribution in [3.63, 3.8) is 0 Å². The number of carbonyl (C=O) groups excluding carboxylic acids is 2. The largest absolute Gasteiger partial charge is 0.445 e. The Bertz CT molecular complexity index is 763. The Balaban J connectivity index is 1.70. The van der Waals surface area contributed by atoms with E-state index in [0.717, 1.165) is 16.8 Å². The number of amides is 2. The quantitative estimate of drug-likeness (QED) is 0.809. The lowest BCUT2D eigenvalue weighted by Crippen LogP contribution is -2.54. The molecule has 2 aromatic rings. The van der Waals surface area contributed by atoms with Gasteiger partial charge in [0.05, 0.1) is 5.69 Å². The fourth-order valence-electron chi connectivity index (χ4n) is 2.91. The molecule has 0 aromatic heterocycles. The predicted octanol–water partition coefficient (Wildman–Crippen LogP) is 3.21. The van der Waals surface area contributed by atoms with Gasteiger partial charge in [0.1, 0.15) is 6.61 Å². The Morgan fingerprint density at radius 1 is 1.12 bits per heavy atom. The lowest BCUT2D eigenvalue weighted by molar-refractivity contribution is -0.122. The Labute approximate surface area is 152 Å². The third-order valence-corrected chi connectivity index (χ3v) is 4.14. The van der Waals surface area contributed by atoms with Gasteiger partial charge in [0.2, 0.25) is 12.3 Å². The molecule has 2 amide bonds. The van der Waals surface area contributed by atoms with Gasteiger partial charge in [-0.1, -0.05) is 48.5 Å². The lowest BCUT2D eigenvalue weighted by atomic mass is 10.0. The summed E-state index contributed by atoms with van der Waals surface area (Å²) in [6.45, 7) is 2.30. The molecular weight excluding hydrogens is 332 g/mol. The molecule has 0 aliphatic carbocycles. The van der Waals surface area contributed by atoms with E-state index in [2.05, 4.69) is 5.32 Å². The van der Waals surface area contributed by atoms with E-state index in [9.17, 15) is 9.59 Å². The molecule has 0 radical (unpaired) electrons. The van der Waals surface area contributed by atoms with E-state index < -0.39 is 12.4 Å². The van der Waals surface area contributed by atoms with Crippen LogP contribution in [-0.2, 0) is 27.3 Å². The molecule has 0 fully saturated rings. The molecule has 1 heterocycles. The molecular formula is C20H22N2O4. The van der Waals surface area contributed by atoms with Crippen LogP contribution in [0.2, 0.25) is 0 Å². The molecule has 0 saturated carbocycles. The molecule has 0 saturated heterocycles. The molecule has 3 rings (SSSR count). The number of benzene rings is 2. The van der Waals surface area contributed by atoms with Crippen LogP contribution < -0.4 is 10.2 Å². The van der Waals surface area contributed by atoms with E-state index in [0.29, 0.717) is 19.4 Å². The van der Waals surface area contributed by atoms with Crippen LogP contribution in [0.5, 0.6) is 0 Å². The summed E-state index contributed by atoms with van der Waals surface area (Å²) in [5, 5.41) is 2.65. The summed E-state index contributed by atoms with van der Waals surface area (Å²) < 4.78 is 10.9. The van der Waals surface area contributed by atoms with E-state index in [-0.39, 0.29) is 12.5 Å². The zero-order chi connectivity index (χ0) is 18.4. The minimum Gasteiger partial charge on any atom is -0.445 e. The number of aryl methyl sites for hydroxylation is 1. The fourth-order valence-corrected chi connectivity index (χ4v) is 2.91. The highest BCUT2D eigenvalue weighted by molar-refractivity contribution is 5.97. The van der Waals surface area contributed by atoms with E-state index in [1.807, 2.05) is 61.5 Å². The summed E-state index contributed by atoms with van der Waals surface area (Å²) in [7, 11) is 0. The normalized spacial score (nSPS) is 14.5. The molecule has 26 heavy (non-hydrogen) atoms. The van der Waals surface area contributed by atoms with Gasteiger partial charge in [0.15, 0.2) is 0 Å². The molecule has 136 valence electrons. The first kappa shape index (κ1) is 17.9. The molecule has 1 aliphatic heterocycles. The predicted molar refractivity (Wildman–Crippen MR) is 97.4 cm³/mol. The van der Waals surface area contributed by atoms with E-state index in [4.69, 9.17) is 9.47 Å². The Morgan fingerprint density at radius 2 is 1.85 bits per heavy atom. The summed E-state index contributed by atoms with van der Waals surface area (Å²) >= 11 is 0. The van der Waals surface area contributed by atoms with E-state index in [1.165, 1.54) is 4.90 Å². The summed E-state index contributed by atoms with van der Waals surface area (Å²) in [5.41, 5.74) is 2.69. The van der Waals surface area contributed by atoms with Crippen LogP contribution in [0.4, 0.5) is 10.5 Å². The molecule has 2 aromatic carbocycles. The van der Waals surface area contributed by atoms with E-state index in [1.54, 1.807) is 0 Å². The SMILES string of the molecule is CCOC(NC(=O)OCc1ccccc1)N1C(=O)CCc2ccccc21. The third-order valence-electron chi connectivity index (χ3n) is 4.14. The smallest absolute Gasteiger partial charge is 0.410 e. The van der Waals surface area contributed by atoms with Crippen LogP contribution >= 0.6 is 0 Å². The van der Waals surface area contributed by atoms with Crippen molar-refractivity contribution < 1.29 is 19.1 Å². The number of nitrogens with one attached hydrogen (secondary N) is 1. The zero-order valence-corrected chi connectivity index (χ0v) is 14.7. The van der Waals surface area contributed by atoms with Crippen molar-refractivity contribution >= 4 is 17.7 Å². The zero-order valence-electron chi connectivity index (χ0n) is 14.7. The van der Waals surface area contributed by atoms with Gasteiger partial charge in [0.25, 0.3) is 0 Å². The molecule has 1 aliphatic rings. The first-order valence-electron chi connectivity index (χ1n) is 8.68. The highest BCUT2D eigenvalue weighted by atomic mass is 16.6. The maximum atomic E-state index is 12.5. The van der Waals surface area contributed by atoms with Crippen molar-refractivity contribution in [2.45, 2.75) is 32.7 Å². The molecule has 6 nitrogen and oxygen atoms in total. The molecule has 1 unspecified atom stereocenters. The monoisotopic (exact) mass is 354 g/mol. The average molecular weight is 354 g/mol. The Hall–Kier alpha value is -2.86.